The molecule has 0 fully saturated rings. The van der Waals surface area contributed by atoms with Gasteiger partial charge in [-0.2, -0.15) is 0 Å². The van der Waals surface area contributed by atoms with Gasteiger partial charge in [0.25, 0.3) is 0 Å². The molecule has 0 aliphatic carbocycles. The Kier molecular flexibility index (Phi) is 66.7. The summed E-state index contributed by atoms with van der Waals surface area (Å²) in [6.45, 7) is 6.52. The Bertz CT molecular complexity index is 1590. The quantitative estimate of drug-likeness (QED) is 0.0261. The highest BCUT2D eigenvalue weighted by Crippen LogP contribution is 2.18. The lowest BCUT2D eigenvalue weighted by molar-refractivity contribution is -0.167. The van der Waals surface area contributed by atoms with Crippen molar-refractivity contribution in [2.45, 2.75) is 354 Å². The van der Waals surface area contributed by atoms with Crippen molar-refractivity contribution in [1.29, 1.82) is 0 Å². The van der Waals surface area contributed by atoms with E-state index in [1.165, 1.54) is 193 Å². The predicted octanol–water partition coefficient (Wildman–Crippen LogP) is 24.4. The van der Waals surface area contributed by atoms with Crippen LogP contribution in [0.5, 0.6) is 0 Å². The number of carbonyl (C=O) groups excluding carboxylic acids is 3. The minimum atomic E-state index is -0.783. The van der Waals surface area contributed by atoms with Crippen LogP contribution in [0.3, 0.4) is 0 Å². The number of unbranched alkanes of at least 4 members (excludes halogenated alkanes) is 37. The lowest BCUT2D eigenvalue weighted by Crippen LogP contribution is -2.30. The Morgan fingerprint density at radius 1 is 0.256 bits per heavy atom. The molecule has 0 amide bonds. The summed E-state index contributed by atoms with van der Waals surface area (Å²) in [6.07, 6.45) is 94.3. The highest BCUT2D eigenvalue weighted by atomic mass is 16.6. The van der Waals surface area contributed by atoms with Crippen LogP contribution in [0.2, 0.25) is 0 Å². The molecule has 6 nitrogen and oxygen atoms in total. The fourth-order valence-corrected chi connectivity index (χ4v) is 10.1. The van der Waals surface area contributed by atoms with Crippen LogP contribution in [-0.2, 0) is 28.6 Å². The lowest BCUT2D eigenvalue weighted by atomic mass is 10.0. The second-order valence-corrected chi connectivity index (χ2v) is 23.4. The van der Waals surface area contributed by atoms with Crippen molar-refractivity contribution in [3.05, 3.63) is 97.2 Å². The third-order valence-corrected chi connectivity index (χ3v) is 15.3. The average molecular weight is 1140 g/mol. The maximum atomic E-state index is 12.9. The molecule has 0 rings (SSSR count). The average Bonchev–Trinajstić information content (AvgIpc) is 3.47. The summed E-state index contributed by atoms with van der Waals surface area (Å²) >= 11 is 0. The third kappa shape index (κ3) is 67.1. The SMILES string of the molecule is CC/C=C\C/C=C\C/C=C\C/C=C\C/C=C\C/C=C\CCCCCCCCCCCCCCC(=O)OCC(COC(=O)CCCCCCC/C=C\C/C=C\CCCC)OC(=O)CCCCCCCCCCCCCCCCCCCCC. The molecule has 0 bridgehead atoms. The van der Waals surface area contributed by atoms with E-state index in [1.807, 2.05) is 0 Å². The Morgan fingerprint density at radius 3 is 0.780 bits per heavy atom. The van der Waals surface area contributed by atoms with Crippen LogP contribution in [0.1, 0.15) is 348 Å². The highest BCUT2D eigenvalue weighted by molar-refractivity contribution is 5.71. The summed E-state index contributed by atoms with van der Waals surface area (Å²) in [5, 5.41) is 0. The summed E-state index contributed by atoms with van der Waals surface area (Å²) in [5.74, 6) is -0.877. The number of allylic oxidation sites excluding steroid dienone is 16. The zero-order valence-corrected chi connectivity index (χ0v) is 54.2. The molecule has 0 heterocycles. The largest absolute Gasteiger partial charge is 0.462 e. The number of esters is 3. The van der Waals surface area contributed by atoms with Crippen molar-refractivity contribution in [3.63, 3.8) is 0 Å². The molecule has 0 saturated heterocycles. The van der Waals surface area contributed by atoms with Crippen molar-refractivity contribution < 1.29 is 28.6 Å². The molecule has 0 aromatic rings. The molecule has 0 aliphatic rings. The standard InChI is InChI=1S/C76H132O6/c1-4-7-10-13-16-19-22-25-28-30-32-33-34-35-36-37-38-39-40-41-42-43-45-46-48-51-54-57-60-63-66-69-75(78)81-72-73(71-80-74(77)68-65-62-59-56-53-50-27-24-21-18-15-12-9-6-3)82-76(79)70-67-64-61-58-55-52-49-47-44-31-29-26-23-20-17-14-11-8-5-2/h7,10,15-16,18-19,24-25,27-28,32-33,35-36,38-39,73H,4-6,8-9,11-14,17,20-23,26,29-31,34,37,40-72H2,1-3H3/b10-7-,18-15-,19-16-,27-24-,28-25-,33-32-,36-35-,39-38-. The molecular weight excluding hydrogens is 1010 g/mol. The molecular formula is C76H132O6. The van der Waals surface area contributed by atoms with Gasteiger partial charge in [0, 0.05) is 19.3 Å². The third-order valence-electron chi connectivity index (χ3n) is 15.3. The zero-order chi connectivity index (χ0) is 59.2. The van der Waals surface area contributed by atoms with Crippen LogP contribution in [0.25, 0.3) is 0 Å². The lowest BCUT2D eigenvalue weighted by Gasteiger charge is -2.18. The molecule has 472 valence electrons. The molecule has 0 radical (unpaired) electrons. The number of ether oxygens (including phenoxy) is 3. The van der Waals surface area contributed by atoms with Crippen LogP contribution in [0, 0.1) is 0 Å². The van der Waals surface area contributed by atoms with Crippen molar-refractivity contribution in [2.24, 2.45) is 0 Å². The highest BCUT2D eigenvalue weighted by Gasteiger charge is 2.19. The minimum absolute atomic E-state index is 0.0793. The normalized spacial score (nSPS) is 12.7. The first-order valence-corrected chi connectivity index (χ1v) is 35.2. The zero-order valence-electron chi connectivity index (χ0n) is 54.2. The van der Waals surface area contributed by atoms with E-state index in [-0.39, 0.29) is 31.1 Å². The molecule has 0 aliphatic heterocycles. The van der Waals surface area contributed by atoms with E-state index in [0.29, 0.717) is 19.3 Å². The van der Waals surface area contributed by atoms with Crippen LogP contribution < -0.4 is 0 Å². The number of rotatable bonds is 64. The minimum Gasteiger partial charge on any atom is -0.462 e. The molecule has 82 heavy (non-hydrogen) atoms. The van der Waals surface area contributed by atoms with Gasteiger partial charge in [0.2, 0.25) is 0 Å². The van der Waals surface area contributed by atoms with Crippen LogP contribution in [-0.4, -0.2) is 37.2 Å². The summed E-state index contributed by atoms with van der Waals surface area (Å²) in [4.78, 5) is 38.4. The van der Waals surface area contributed by atoms with Gasteiger partial charge in [-0.25, -0.2) is 0 Å². The second-order valence-electron chi connectivity index (χ2n) is 23.4. The van der Waals surface area contributed by atoms with E-state index in [0.717, 1.165) is 116 Å². The smallest absolute Gasteiger partial charge is 0.306 e. The Hall–Kier alpha value is -3.67. The fourth-order valence-electron chi connectivity index (χ4n) is 10.1. The Labute approximate surface area is 508 Å². The van der Waals surface area contributed by atoms with Gasteiger partial charge in [-0.1, -0.05) is 330 Å². The number of hydrogen-bond acceptors (Lipinski definition) is 6. The van der Waals surface area contributed by atoms with E-state index in [2.05, 4.69) is 118 Å². The van der Waals surface area contributed by atoms with Crippen molar-refractivity contribution >= 4 is 17.9 Å². The molecule has 6 heteroatoms. The van der Waals surface area contributed by atoms with Crippen molar-refractivity contribution in [1.82, 2.24) is 0 Å². The molecule has 0 aromatic carbocycles. The molecule has 1 unspecified atom stereocenters. The monoisotopic (exact) mass is 1140 g/mol. The maximum absolute atomic E-state index is 12.9. The van der Waals surface area contributed by atoms with Crippen molar-refractivity contribution in [3.8, 4) is 0 Å². The van der Waals surface area contributed by atoms with Gasteiger partial charge < -0.3 is 14.2 Å². The first-order valence-electron chi connectivity index (χ1n) is 35.2. The van der Waals surface area contributed by atoms with Gasteiger partial charge >= 0.3 is 17.9 Å². The molecule has 1 atom stereocenters. The van der Waals surface area contributed by atoms with E-state index >= 15 is 0 Å². The molecule has 0 aromatic heterocycles. The van der Waals surface area contributed by atoms with E-state index in [1.54, 1.807) is 0 Å². The van der Waals surface area contributed by atoms with Crippen LogP contribution in [0.15, 0.2) is 97.2 Å². The molecule has 0 spiro atoms. The van der Waals surface area contributed by atoms with Crippen LogP contribution in [0.4, 0.5) is 0 Å². The van der Waals surface area contributed by atoms with Gasteiger partial charge in [0.05, 0.1) is 0 Å². The van der Waals surface area contributed by atoms with Gasteiger partial charge in [-0.15, -0.1) is 0 Å². The Morgan fingerprint density at radius 2 is 0.488 bits per heavy atom. The van der Waals surface area contributed by atoms with Gasteiger partial charge in [0.1, 0.15) is 13.2 Å². The van der Waals surface area contributed by atoms with E-state index < -0.39 is 6.10 Å². The number of carbonyl (C=O) groups is 3. The van der Waals surface area contributed by atoms with Gasteiger partial charge in [-0.05, 0) is 96.3 Å². The summed E-state index contributed by atoms with van der Waals surface area (Å²) in [6, 6.07) is 0. The number of hydrogen-bond donors (Lipinski definition) is 0. The predicted molar refractivity (Wildman–Crippen MR) is 357 cm³/mol. The fraction of sp³-hybridized carbons (Fsp3) is 0.750. The first kappa shape index (κ1) is 78.3. The van der Waals surface area contributed by atoms with Gasteiger partial charge in [0.15, 0.2) is 6.10 Å². The second kappa shape index (κ2) is 69.8. The molecule has 0 N–H and O–H groups in total. The summed E-state index contributed by atoms with van der Waals surface area (Å²) in [5.41, 5.74) is 0. The first-order chi connectivity index (χ1) is 40.5. The molecule has 0 saturated carbocycles. The summed E-state index contributed by atoms with van der Waals surface area (Å²) < 4.78 is 17.0. The van der Waals surface area contributed by atoms with Gasteiger partial charge in [-0.3, -0.25) is 14.4 Å². The van der Waals surface area contributed by atoms with E-state index in [4.69, 9.17) is 14.2 Å². The summed E-state index contributed by atoms with van der Waals surface area (Å²) in [7, 11) is 0. The topological polar surface area (TPSA) is 78.9 Å². The maximum Gasteiger partial charge on any atom is 0.306 e. The van der Waals surface area contributed by atoms with Crippen molar-refractivity contribution in [2.75, 3.05) is 13.2 Å². The Balaban J connectivity index is 4.26. The van der Waals surface area contributed by atoms with Crippen LogP contribution >= 0.6 is 0 Å². The van der Waals surface area contributed by atoms with E-state index in [9.17, 15) is 14.4 Å².